The van der Waals surface area contributed by atoms with Crippen molar-refractivity contribution < 1.29 is 18.7 Å². The van der Waals surface area contributed by atoms with E-state index in [9.17, 15) is 14.0 Å². The lowest BCUT2D eigenvalue weighted by molar-refractivity contribution is -0.135. The summed E-state index contributed by atoms with van der Waals surface area (Å²) < 4.78 is 18.2. The highest BCUT2D eigenvalue weighted by Crippen LogP contribution is 2.35. The number of nitrogens with zero attached hydrogens (tertiary/aromatic N) is 1. The first-order valence-corrected chi connectivity index (χ1v) is 9.87. The Morgan fingerprint density at radius 1 is 1.17 bits per heavy atom. The van der Waals surface area contributed by atoms with E-state index in [0.29, 0.717) is 32.5 Å². The van der Waals surface area contributed by atoms with Gasteiger partial charge in [0.05, 0.1) is 5.41 Å². The number of benzene rings is 2. The molecule has 154 valence electrons. The Balaban J connectivity index is 1.85. The van der Waals surface area contributed by atoms with Crippen LogP contribution in [0.3, 0.4) is 0 Å². The third kappa shape index (κ3) is 4.82. The number of nitrogens with one attached hydrogen (secondary N) is 1. The second kappa shape index (κ2) is 9.18. The van der Waals surface area contributed by atoms with E-state index < -0.39 is 5.41 Å². The van der Waals surface area contributed by atoms with Gasteiger partial charge >= 0.3 is 0 Å². The lowest BCUT2D eigenvalue weighted by atomic mass is 9.79. The van der Waals surface area contributed by atoms with Crippen molar-refractivity contribution in [3.05, 3.63) is 59.9 Å². The van der Waals surface area contributed by atoms with E-state index in [1.807, 2.05) is 31.2 Å². The van der Waals surface area contributed by atoms with Gasteiger partial charge in [0.1, 0.15) is 12.4 Å². The highest BCUT2D eigenvalue weighted by molar-refractivity contribution is 5.86. The number of rotatable bonds is 7. The molecule has 1 saturated heterocycles. The Hall–Kier alpha value is -2.73. The van der Waals surface area contributed by atoms with Crippen molar-refractivity contribution >= 4 is 11.8 Å². The minimum absolute atomic E-state index is 0.0194. The number of hydrogen-bond acceptors (Lipinski definition) is 3. The summed E-state index contributed by atoms with van der Waals surface area (Å²) in [6.07, 6.45) is 1.14. The Morgan fingerprint density at radius 3 is 2.62 bits per heavy atom. The maximum absolute atomic E-state index is 13.2. The molecule has 3 rings (SSSR count). The van der Waals surface area contributed by atoms with E-state index in [1.54, 1.807) is 17.0 Å². The first-order valence-electron chi connectivity index (χ1n) is 9.87. The summed E-state index contributed by atoms with van der Waals surface area (Å²) in [5.41, 5.74) is 2.24. The molecule has 2 aromatic carbocycles. The number of halogens is 1. The summed E-state index contributed by atoms with van der Waals surface area (Å²) >= 11 is 0. The molecule has 0 saturated carbocycles. The van der Waals surface area contributed by atoms with Gasteiger partial charge in [0, 0.05) is 26.7 Å². The molecule has 1 unspecified atom stereocenters. The number of carbonyl (C=O) groups is 2. The number of carbonyl (C=O) groups excluding carboxylic acids is 2. The first-order chi connectivity index (χ1) is 14.0. The summed E-state index contributed by atoms with van der Waals surface area (Å²) in [6, 6.07) is 14.3. The van der Waals surface area contributed by atoms with Crippen LogP contribution in [0.4, 0.5) is 4.39 Å². The van der Waals surface area contributed by atoms with E-state index in [1.165, 1.54) is 19.2 Å². The normalized spacial score (nSPS) is 18.7. The van der Waals surface area contributed by atoms with E-state index in [4.69, 9.17) is 4.74 Å². The third-order valence-electron chi connectivity index (χ3n) is 5.44. The molecule has 1 heterocycles. The predicted molar refractivity (Wildman–Crippen MR) is 110 cm³/mol. The molecular weight excluding hydrogens is 371 g/mol. The fourth-order valence-corrected chi connectivity index (χ4v) is 3.95. The van der Waals surface area contributed by atoms with Crippen molar-refractivity contribution in [3.8, 4) is 11.1 Å². The fraction of sp³-hybridized carbons (Fsp3) is 0.391. The van der Waals surface area contributed by atoms with Crippen LogP contribution in [-0.2, 0) is 20.7 Å². The van der Waals surface area contributed by atoms with Crippen molar-refractivity contribution in [2.45, 2.75) is 19.8 Å². The van der Waals surface area contributed by atoms with Gasteiger partial charge in [0.15, 0.2) is 0 Å². The zero-order chi connectivity index (χ0) is 20.9. The molecule has 5 nitrogen and oxygen atoms in total. The standard InChI is InChI=1S/C23H27FN2O3/c1-3-25-22(28)23(11-12-26(16-23)21(27)15-29-2)14-17-5-4-6-19(13-17)18-7-9-20(24)10-8-18/h4-10,13H,3,11-12,14-16H2,1-2H3,(H,25,28). The molecule has 0 bridgehead atoms. The van der Waals surface area contributed by atoms with Crippen molar-refractivity contribution in [1.82, 2.24) is 10.2 Å². The van der Waals surface area contributed by atoms with Crippen LogP contribution in [0, 0.1) is 11.2 Å². The van der Waals surface area contributed by atoms with Gasteiger partial charge in [-0.1, -0.05) is 36.4 Å². The second-order valence-electron chi connectivity index (χ2n) is 7.52. The molecule has 0 aliphatic carbocycles. The zero-order valence-corrected chi connectivity index (χ0v) is 16.9. The van der Waals surface area contributed by atoms with Gasteiger partial charge in [-0.3, -0.25) is 9.59 Å². The van der Waals surface area contributed by atoms with E-state index >= 15 is 0 Å². The largest absolute Gasteiger partial charge is 0.375 e. The van der Waals surface area contributed by atoms with Crippen LogP contribution < -0.4 is 5.32 Å². The van der Waals surface area contributed by atoms with Crippen LogP contribution in [0.1, 0.15) is 18.9 Å². The molecule has 1 atom stereocenters. The predicted octanol–water partition coefficient (Wildman–Crippen LogP) is 3.04. The highest BCUT2D eigenvalue weighted by Gasteiger charge is 2.45. The Morgan fingerprint density at radius 2 is 1.93 bits per heavy atom. The SMILES string of the molecule is CCNC(=O)C1(Cc2cccc(-c3ccc(F)cc3)c2)CCN(C(=O)COC)C1. The molecule has 29 heavy (non-hydrogen) atoms. The number of methoxy groups -OCH3 is 1. The molecular formula is C23H27FN2O3. The minimum atomic E-state index is -0.666. The lowest BCUT2D eigenvalue weighted by Gasteiger charge is -2.28. The first kappa shape index (κ1) is 21.0. The maximum atomic E-state index is 13.2. The summed E-state index contributed by atoms with van der Waals surface area (Å²) in [6.45, 7) is 3.37. The smallest absolute Gasteiger partial charge is 0.248 e. The summed E-state index contributed by atoms with van der Waals surface area (Å²) in [5, 5.41) is 2.94. The number of ether oxygens (including phenoxy) is 1. The number of hydrogen-bond donors (Lipinski definition) is 1. The van der Waals surface area contributed by atoms with Gasteiger partial charge in [0.25, 0.3) is 0 Å². The molecule has 1 N–H and O–H groups in total. The molecule has 0 aromatic heterocycles. The zero-order valence-electron chi connectivity index (χ0n) is 16.9. The number of amides is 2. The van der Waals surface area contributed by atoms with E-state index in [0.717, 1.165) is 16.7 Å². The van der Waals surface area contributed by atoms with Crippen LogP contribution in [0.2, 0.25) is 0 Å². The quantitative estimate of drug-likeness (QED) is 0.780. The number of likely N-dealkylation sites (tertiary alicyclic amines) is 1. The van der Waals surface area contributed by atoms with Gasteiger partial charge in [0.2, 0.25) is 11.8 Å². The molecule has 1 aliphatic heterocycles. The molecule has 0 radical (unpaired) electrons. The van der Waals surface area contributed by atoms with Crippen molar-refractivity contribution in [2.75, 3.05) is 33.4 Å². The average molecular weight is 398 g/mol. The average Bonchev–Trinajstić information content (AvgIpc) is 3.15. The minimum Gasteiger partial charge on any atom is -0.375 e. The summed E-state index contributed by atoms with van der Waals surface area (Å²) in [7, 11) is 1.49. The van der Waals surface area contributed by atoms with Crippen LogP contribution in [-0.4, -0.2) is 50.1 Å². The fourth-order valence-electron chi connectivity index (χ4n) is 3.95. The van der Waals surface area contributed by atoms with Crippen LogP contribution in [0.15, 0.2) is 48.5 Å². The molecule has 0 spiro atoms. The van der Waals surface area contributed by atoms with Gasteiger partial charge in [-0.15, -0.1) is 0 Å². The van der Waals surface area contributed by atoms with Gasteiger partial charge in [-0.05, 0) is 48.6 Å². The Kier molecular flexibility index (Phi) is 6.64. The molecule has 2 aromatic rings. The summed E-state index contributed by atoms with van der Waals surface area (Å²) in [5.74, 6) is -0.398. The van der Waals surface area contributed by atoms with Gasteiger partial charge in [-0.25, -0.2) is 4.39 Å². The van der Waals surface area contributed by atoms with Gasteiger partial charge in [-0.2, -0.15) is 0 Å². The van der Waals surface area contributed by atoms with Crippen molar-refractivity contribution in [1.29, 1.82) is 0 Å². The second-order valence-corrected chi connectivity index (χ2v) is 7.52. The Bertz CT molecular complexity index is 869. The molecule has 6 heteroatoms. The van der Waals surface area contributed by atoms with Crippen LogP contribution in [0.25, 0.3) is 11.1 Å². The van der Waals surface area contributed by atoms with E-state index in [2.05, 4.69) is 5.32 Å². The van der Waals surface area contributed by atoms with Crippen LogP contribution >= 0.6 is 0 Å². The van der Waals surface area contributed by atoms with Gasteiger partial charge < -0.3 is 15.0 Å². The molecule has 1 fully saturated rings. The highest BCUT2D eigenvalue weighted by atomic mass is 19.1. The summed E-state index contributed by atoms with van der Waals surface area (Å²) in [4.78, 5) is 27.0. The lowest BCUT2D eigenvalue weighted by Crippen LogP contribution is -2.45. The topological polar surface area (TPSA) is 58.6 Å². The van der Waals surface area contributed by atoms with Crippen LogP contribution in [0.5, 0.6) is 0 Å². The van der Waals surface area contributed by atoms with Crippen molar-refractivity contribution in [3.63, 3.8) is 0 Å². The van der Waals surface area contributed by atoms with E-state index in [-0.39, 0.29) is 24.2 Å². The monoisotopic (exact) mass is 398 g/mol. The van der Waals surface area contributed by atoms with Crippen molar-refractivity contribution in [2.24, 2.45) is 5.41 Å². The molecule has 1 aliphatic rings. The molecule has 2 amide bonds. The third-order valence-corrected chi connectivity index (χ3v) is 5.44. The maximum Gasteiger partial charge on any atom is 0.248 e. The Labute approximate surface area is 170 Å².